The van der Waals surface area contributed by atoms with Crippen molar-refractivity contribution in [1.29, 1.82) is 0 Å². The second-order valence-electron chi connectivity index (χ2n) is 2.96. The van der Waals surface area contributed by atoms with Crippen molar-refractivity contribution < 1.29 is 0 Å². The highest BCUT2D eigenvalue weighted by atomic mass is 32.1. The van der Waals surface area contributed by atoms with E-state index in [9.17, 15) is 0 Å². The molecule has 2 heterocycles. The van der Waals surface area contributed by atoms with Gasteiger partial charge in [-0.25, -0.2) is 4.68 Å². The zero-order chi connectivity index (χ0) is 8.55. The van der Waals surface area contributed by atoms with E-state index < -0.39 is 0 Å². The first-order chi connectivity index (χ1) is 5.81. The van der Waals surface area contributed by atoms with Crippen LogP contribution in [0.1, 0.15) is 13.0 Å². The Balaban J connectivity index is 2.06. The van der Waals surface area contributed by atoms with Crippen LogP contribution < -0.4 is 0 Å². The van der Waals surface area contributed by atoms with Crippen LogP contribution in [-0.2, 0) is 0 Å². The van der Waals surface area contributed by atoms with Crippen molar-refractivity contribution in [3.63, 3.8) is 0 Å². The van der Waals surface area contributed by atoms with Gasteiger partial charge in [0, 0.05) is 13.1 Å². The van der Waals surface area contributed by atoms with E-state index in [1.165, 1.54) is 0 Å². The molecular formula is C6H11N5S. The number of tetrazole rings is 1. The quantitative estimate of drug-likeness (QED) is 0.669. The highest BCUT2D eigenvalue weighted by Crippen LogP contribution is 2.18. The van der Waals surface area contributed by atoms with E-state index >= 15 is 0 Å². The third-order valence-electron chi connectivity index (χ3n) is 2.24. The number of rotatable bonds is 2. The molecule has 0 unspecified atom stereocenters. The van der Waals surface area contributed by atoms with Crippen LogP contribution in [0.15, 0.2) is 0 Å². The summed E-state index contributed by atoms with van der Waals surface area (Å²) in [6, 6.07) is 0.451. The molecule has 1 N–H and O–H groups in total. The zero-order valence-corrected chi connectivity index (χ0v) is 7.71. The van der Waals surface area contributed by atoms with Crippen LogP contribution in [0.4, 0.5) is 0 Å². The second kappa shape index (κ2) is 2.95. The molecule has 1 saturated heterocycles. The normalized spacial score (nSPS) is 19.4. The van der Waals surface area contributed by atoms with Gasteiger partial charge in [0.15, 0.2) is 0 Å². The van der Waals surface area contributed by atoms with Gasteiger partial charge in [-0.1, -0.05) is 17.2 Å². The van der Waals surface area contributed by atoms with Gasteiger partial charge < -0.3 is 0 Å². The summed E-state index contributed by atoms with van der Waals surface area (Å²) in [6.07, 6.45) is 0. The van der Waals surface area contributed by atoms with E-state index in [-0.39, 0.29) is 0 Å². The van der Waals surface area contributed by atoms with Gasteiger partial charge in [-0.3, -0.25) is 4.90 Å². The molecule has 0 aliphatic carbocycles. The van der Waals surface area contributed by atoms with Gasteiger partial charge in [0.05, 0.1) is 6.04 Å². The zero-order valence-electron chi connectivity index (χ0n) is 6.90. The molecule has 1 aliphatic heterocycles. The summed E-state index contributed by atoms with van der Waals surface area (Å²) in [5.74, 6) is 0. The van der Waals surface area contributed by atoms with Gasteiger partial charge in [-0.15, -0.1) is 0 Å². The number of likely N-dealkylation sites (tertiary alicyclic amines) is 1. The largest absolute Gasteiger partial charge is 0.299 e. The minimum absolute atomic E-state index is 0.451. The molecule has 0 amide bonds. The van der Waals surface area contributed by atoms with Gasteiger partial charge in [0.1, 0.15) is 0 Å². The van der Waals surface area contributed by atoms with Gasteiger partial charge >= 0.3 is 0 Å². The molecule has 1 aromatic rings. The van der Waals surface area contributed by atoms with Crippen molar-refractivity contribution in [3.8, 4) is 0 Å². The molecule has 2 rings (SSSR count). The SMILES string of the molecule is CCN1CC(n2[nH]nnc2=S)C1. The lowest BCUT2D eigenvalue weighted by Gasteiger charge is -2.38. The minimum Gasteiger partial charge on any atom is -0.299 e. The fourth-order valence-electron chi connectivity index (χ4n) is 1.41. The summed E-state index contributed by atoms with van der Waals surface area (Å²) in [5.41, 5.74) is 0. The highest BCUT2D eigenvalue weighted by molar-refractivity contribution is 7.71. The number of likely N-dealkylation sites (N-methyl/N-ethyl adjacent to an activating group) is 1. The molecule has 66 valence electrons. The van der Waals surface area contributed by atoms with E-state index in [2.05, 4.69) is 27.3 Å². The van der Waals surface area contributed by atoms with Crippen LogP contribution in [0.3, 0.4) is 0 Å². The predicted octanol–water partition coefficient (Wildman–Crippen LogP) is 0.212. The van der Waals surface area contributed by atoms with Crippen molar-refractivity contribution >= 4 is 12.2 Å². The summed E-state index contributed by atoms with van der Waals surface area (Å²) >= 11 is 4.98. The summed E-state index contributed by atoms with van der Waals surface area (Å²) in [5, 5.41) is 10.1. The molecular weight excluding hydrogens is 174 g/mol. The second-order valence-corrected chi connectivity index (χ2v) is 3.32. The Morgan fingerprint density at radius 2 is 2.42 bits per heavy atom. The van der Waals surface area contributed by atoms with Crippen LogP contribution >= 0.6 is 12.2 Å². The molecule has 0 atom stereocenters. The summed E-state index contributed by atoms with van der Waals surface area (Å²) in [7, 11) is 0. The lowest BCUT2D eigenvalue weighted by atomic mass is 10.1. The minimum atomic E-state index is 0.451. The molecule has 0 bridgehead atoms. The Hall–Kier alpha value is -0.750. The monoisotopic (exact) mass is 185 g/mol. The number of hydrogen-bond acceptors (Lipinski definition) is 4. The maximum atomic E-state index is 4.98. The molecule has 1 aromatic heterocycles. The Kier molecular flexibility index (Phi) is 1.93. The molecule has 0 saturated carbocycles. The number of H-pyrrole nitrogens is 1. The highest BCUT2D eigenvalue weighted by Gasteiger charge is 2.27. The van der Waals surface area contributed by atoms with Crippen LogP contribution in [0.25, 0.3) is 0 Å². The summed E-state index contributed by atoms with van der Waals surface area (Å²) in [6.45, 7) is 5.36. The average molecular weight is 185 g/mol. The van der Waals surface area contributed by atoms with E-state index in [0.29, 0.717) is 10.8 Å². The predicted molar refractivity (Wildman–Crippen MR) is 46.4 cm³/mol. The first-order valence-corrected chi connectivity index (χ1v) is 4.44. The van der Waals surface area contributed by atoms with E-state index in [4.69, 9.17) is 12.2 Å². The van der Waals surface area contributed by atoms with Gasteiger partial charge in [-0.2, -0.15) is 5.21 Å². The molecule has 1 fully saturated rings. The molecule has 6 heteroatoms. The van der Waals surface area contributed by atoms with E-state index in [0.717, 1.165) is 19.6 Å². The topological polar surface area (TPSA) is 49.7 Å². The van der Waals surface area contributed by atoms with Crippen molar-refractivity contribution in [2.24, 2.45) is 0 Å². The third-order valence-corrected chi connectivity index (χ3v) is 2.52. The molecule has 0 spiro atoms. The van der Waals surface area contributed by atoms with Crippen molar-refractivity contribution in [2.45, 2.75) is 13.0 Å². The van der Waals surface area contributed by atoms with E-state index in [1.54, 1.807) is 0 Å². The number of nitrogens with zero attached hydrogens (tertiary/aromatic N) is 4. The van der Waals surface area contributed by atoms with E-state index in [1.807, 2.05) is 4.68 Å². The van der Waals surface area contributed by atoms with Crippen molar-refractivity contribution in [3.05, 3.63) is 4.77 Å². The fourth-order valence-corrected chi connectivity index (χ4v) is 1.64. The standard InChI is InChI=1S/C6H11N5S/c1-2-10-3-5(4-10)11-6(12)7-8-9-11/h5H,2-4H2,1H3,(H,7,9,12). The lowest BCUT2D eigenvalue weighted by Crippen LogP contribution is -2.47. The van der Waals surface area contributed by atoms with Crippen LogP contribution in [0.2, 0.25) is 0 Å². The van der Waals surface area contributed by atoms with Gasteiger partial charge in [0.2, 0.25) is 4.77 Å². The first-order valence-electron chi connectivity index (χ1n) is 4.03. The maximum absolute atomic E-state index is 4.98. The Morgan fingerprint density at radius 1 is 1.67 bits per heavy atom. The number of hydrogen-bond donors (Lipinski definition) is 1. The van der Waals surface area contributed by atoms with Crippen molar-refractivity contribution in [1.82, 2.24) is 25.1 Å². The van der Waals surface area contributed by atoms with Crippen molar-refractivity contribution in [2.75, 3.05) is 19.6 Å². The lowest BCUT2D eigenvalue weighted by molar-refractivity contribution is 0.103. The fraction of sp³-hybridized carbons (Fsp3) is 0.833. The molecule has 0 radical (unpaired) electrons. The molecule has 12 heavy (non-hydrogen) atoms. The summed E-state index contributed by atoms with van der Waals surface area (Å²) < 4.78 is 2.40. The van der Waals surface area contributed by atoms with Crippen LogP contribution in [0.5, 0.6) is 0 Å². The first kappa shape index (κ1) is 7.88. The van der Waals surface area contributed by atoms with Gasteiger partial charge in [-0.05, 0) is 18.8 Å². The molecule has 5 nitrogen and oxygen atoms in total. The third kappa shape index (κ3) is 1.16. The average Bonchev–Trinajstić information content (AvgIpc) is 2.35. The number of aromatic amines is 1. The number of nitrogens with one attached hydrogen (secondary N) is 1. The van der Waals surface area contributed by atoms with Crippen LogP contribution in [0, 0.1) is 4.77 Å². The molecule has 1 aliphatic rings. The number of aromatic nitrogens is 4. The Bertz CT molecular complexity index is 310. The van der Waals surface area contributed by atoms with Crippen LogP contribution in [-0.4, -0.2) is 44.7 Å². The smallest absolute Gasteiger partial charge is 0.238 e. The summed E-state index contributed by atoms with van der Waals surface area (Å²) in [4.78, 5) is 2.34. The van der Waals surface area contributed by atoms with Gasteiger partial charge in [0.25, 0.3) is 0 Å². The Morgan fingerprint density at radius 3 is 2.92 bits per heavy atom. The molecule has 0 aromatic carbocycles. The Labute approximate surface area is 75.4 Å². The maximum Gasteiger partial charge on any atom is 0.238 e.